The molecule has 1 rings (SSSR count). The standard InChI is InChI=1S/C7H12O4S.C7H14O2S3.C2H6O2/c1-12-5-2-7(6(8)9)10-3-4-11-7;1-10-5-4-7(11-2,12-3)6(8)9;3-1-2-4/h2-5H2,1H3,(H,8,9);4-5H2,1-3H3,(H,8,9);3-4H,1-2H2/p+1. The van der Waals surface area contributed by atoms with Gasteiger partial charge in [-0.25, -0.2) is 9.59 Å². The van der Waals surface area contributed by atoms with Gasteiger partial charge in [0.25, 0.3) is 5.79 Å². The minimum Gasteiger partial charge on any atom is -0.480 e. The smallest absolute Gasteiger partial charge is 0.480 e. The van der Waals surface area contributed by atoms with Crippen LogP contribution in [0, 0.1) is 0 Å². The van der Waals surface area contributed by atoms with Gasteiger partial charge in [0.1, 0.15) is 0 Å². The van der Waals surface area contributed by atoms with Gasteiger partial charge in [0.2, 0.25) is 0 Å². The minimum atomic E-state index is -1.36. The summed E-state index contributed by atoms with van der Waals surface area (Å²) in [6.07, 6.45) is 8.74. The van der Waals surface area contributed by atoms with Crippen molar-refractivity contribution in [1.29, 1.82) is 0 Å². The first-order chi connectivity index (χ1) is 13.3. The van der Waals surface area contributed by atoms with E-state index in [2.05, 4.69) is 0 Å². The van der Waals surface area contributed by atoms with E-state index in [1.165, 1.54) is 23.5 Å². The summed E-state index contributed by atoms with van der Waals surface area (Å²) in [5, 5.41) is 33.1. The van der Waals surface area contributed by atoms with Gasteiger partial charge < -0.3 is 29.9 Å². The summed E-state index contributed by atoms with van der Waals surface area (Å²) in [6, 6.07) is 0. The van der Waals surface area contributed by atoms with Gasteiger partial charge >= 0.3 is 13.4 Å². The molecule has 8 nitrogen and oxygen atoms in total. The van der Waals surface area contributed by atoms with E-state index in [0.29, 0.717) is 26.1 Å². The molecular formula is C16H33O8S4+. The molecule has 1 fully saturated rings. The maximum atomic E-state index is 10.9. The summed E-state index contributed by atoms with van der Waals surface area (Å²) in [5.74, 6) is -1.46. The SMILES string of the molecule is CSCCC(SC)(SC)C(=O)O.CSCCC1(C(=O)O)OCCO1.OCCO.[H+]. The zero-order valence-corrected chi connectivity index (χ0v) is 20.0. The fraction of sp³-hybridized carbons (Fsp3) is 0.875. The molecule has 0 bridgehead atoms. The van der Waals surface area contributed by atoms with E-state index in [1.54, 1.807) is 23.5 Å². The first kappa shape index (κ1) is 30.4. The number of carboxylic acids is 2. The molecular weight excluding hydrogens is 448 g/mol. The number of carbonyl (C=O) groups is 2. The molecule has 0 atom stereocenters. The van der Waals surface area contributed by atoms with Gasteiger partial charge in [0, 0.05) is 6.42 Å². The van der Waals surface area contributed by atoms with Crippen molar-refractivity contribution in [3.8, 4) is 0 Å². The van der Waals surface area contributed by atoms with Gasteiger partial charge in [0.05, 0.1) is 26.4 Å². The maximum absolute atomic E-state index is 10.9. The number of hydrogen-bond acceptors (Lipinski definition) is 10. The molecule has 0 saturated carbocycles. The third kappa shape index (κ3) is 11.4. The average Bonchev–Trinajstić information content (AvgIpc) is 3.18. The maximum Gasteiger partial charge on any atom is 1.00 e. The van der Waals surface area contributed by atoms with Crippen LogP contribution in [0.2, 0.25) is 0 Å². The van der Waals surface area contributed by atoms with Crippen molar-refractivity contribution in [2.24, 2.45) is 0 Å². The predicted molar refractivity (Wildman–Crippen MR) is 121 cm³/mol. The Morgan fingerprint density at radius 1 is 0.964 bits per heavy atom. The van der Waals surface area contributed by atoms with Crippen molar-refractivity contribution in [1.82, 2.24) is 0 Å². The Hall–Kier alpha value is 0.180. The Bertz CT molecular complexity index is 400. The van der Waals surface area contributed by atoms with Gasteiger partial charge in [-0.15, -0.1) is 23.5 Å². The van der Waals surface area contributed by atoms with Crippen molar-refractivity contribution in [2.45, 2.75) is 22.7 Å². The number of ether oxygens (including phenoxy) is 2. The fourth-order valence-corrected chi connectivity index (χ4v) is 4.74. The molecule has 0 unspecified atom stereocenters. The van der Waals surface area contributed by atoms with Crippen molar-refractivity contribution in [3.63, 3.8) is 0 Å². The zero-order chi connectivity index (χ0) is 22.1. The topological polar surface area (TPSA) is 134 Å². The summed E-state index contributed by atoms with van der Waals surface area (Å²) in [4.78, 5) is 21.7. The average molecular weight is 482 g/mol. The summed E-state index contributed by atoms with van der Waals surface area (Å²) in [5.41, 5.74) is 0. The second kappa shape index (κ2) is 18.0. The highest BCUT2D eigenvalue weighted by Crippen LogP contribution is 2.38. The van der Waals surface area contributed by atoms with Crippen LogP contribution in [-0.2, 0) is 19.1 Å². The number of carboxylic acid groups (broad SMARTS) is 2. The normalized spacial score (nSPS) is 15.1. The molecule has 12 heteroatoms. The van der Waals surface area contributed by atoms with Crippen LogP contribution in [0.15, 0.2) is 0 Å². The molecule has 0 radical (unpaired) electrons. The Balaban J connectivity index is -0.000000383. The monoisotopic (exact) mass is 481 g/mol. The molecule has 28 heavy (non-hydrogen) atoms. The molecule has 1 aliphatic rings. The van der Waals surface area contributed by atoms with Crippen molar-refractivity contribution >= 4 is 59.0 Å². The molecule has 0 amide bonds. The summed E-state index contributed by atoms with van der Waals surface area (Å²) in [6.45, 7) is 0.501. The largest absolute Gasteiger partial charge is 1.00 e. The number of thioether (sulfide) groups is 4. The quantitative estimate of drug-likeness (QED) is 0.321. The fourth-order valence-electron chi connectivity index (χ4n) is 1.87. The molecule has 0 aromatic carbocycles. The van der Waals surface area contributed by atoms with Crippen LogP contribution in [0.4, 0.5) is 0 Å². The van der Waals surface area contributed by atoms with Gasteiger partial charge in [-0.1, -0.05) is 0 Å². The first-order valence-corrected chi connectivity index (χ1v) is 13.5. The van der Waals surface area contributed by atoms with E-state index in [9.17, 15) is 9.59 Å². The molecule has 4 N–H and O–H groups in total. The Morgan fingerprint density at radius 2 is 1.43 bits per heavy atom. The van der Waals surface area contributed by atoms with Crippen LogP contribution in [-0.4, -0.2) is 105 Å². The molecule has 0 aromatic heterocycles. The highest BCUT2D eigenvalue weighted by Gasteiger charge is 2.44. The van der Waals surface area contributed by atoms with Gasteiger partial charge in [-0.3, -0.25) is 0 Å². The lowest BCUT2D eigenvalue weighted by Crippen LogP contribution is -2.40. The van der Waals surface area contributed by atoms with Crippen LogP contribution < -0.4 is 0 Å². The number of hydrogen-bond donors (Lipinski definition) is 4. The molecule has 1 aliphatic heterocycles. The van der Waals surface area contributed by atoms with E-state index in [0.717, 1.165) is 11.5 Å². The third-order valence-corrected chi connectivity index (χ3v) is 7.74. The minimum absolute atomic E-state index is 0. The number of aliphatic hydroxyl groups is 2. The predicted octanol–water partition coefficient (Wildman–Crippen LogP) is 1.90. The number of rotatable bonds is 11. The summed E-state index contributed by atoms with van der Waals surface area (Å²) in [7, 11) is 0. The second-order valence-corrected chi connectivity index (χ2v) is 9.59. The van der Waals surface area contributed by atoms with Crippen molar-refractivity contribution in [3.05, 3.63) is 0 Å². The molecule has 1 heterocycles. The molecule has 1 saturated heterocycles. The van der Waals surface area contributed by atoms with E-state index >= 15 is 0 Å². The van der Waals surface area contributed by atoms with Gasteiger partial charge in [0.15, 0.2) is 4.08 Å². The summed E-state index contributed by atoms with van der Waals surface area (Å²) >= 11 is 6.10. The van der Waals surface area contributed by atoms with E-state index in [4.69, 9.17) is 29.9 Å². The van der Waals surface area contributed by atoms with E-state index in [1.807, 2.05) is 25.0 Å². The Morgan fingerprint density at radius 3 is 1.71 bits per heavy atom. The van der Waals surface area contributed by atoms with Crippen LogP contribution in [0.1, 0.15) is 14.3 Å². The van der Waals surface area contributed by atoms with Crippen LogP contribution >= 0.6 is 47.0 Å². The van der Waals surface area contributed by atoms with Gasteiger partial charge in [-0.2, -0.15) is 23.5 Å². The Kier molecular flexibility index (Phi) is 19.5. The molecule has 0 spiro atoms. The lowest BCUT2D eigenvalue weighted by Gasteiger charge is -2.24. The lowest BCUT2D eigenvalue weighted by atomic mass is 10.2. The Labute approximate surface area is 185 Å². The molecule has 168 valence electrons. The first-order valence-electron chi connectivity index (χ1n) is 8.30. The van der Waals surface area contributed by atoms with Crippen LogP contribution in [0.5, 0.6) is 0 Å². The van der Waals surface area contributed by atoms with E-state index in [-0.39, 0.29) is 14.6 Å². The van der Waals surface area contributed by atoms with Gasteiger partial charge in [-0.05, 0) is 42.9 Å². The highest BCUT2D eigenvalue weighted by atomic mass is 32.2. The lowest BCUT2D eigenvalue weighted by molar-refractivity contribution is -0.201. The van der Waals surface area contributed by atoms with Crippen molar-refractivity contribution < 1.29 is 40.9 Å². The second-order valence-electron chi connectivity index (χ2n) is 5.15. The van der Waals surface area contributed by atoms with Crippen LogP contribution in [0.3, 0.4) is 0 Å². The summed E-state index contributed by atoms with van der Waals surface area (Å²) < 4.78 is 9.50. The molecule has 0 aromatic rings. The highest BCUT2D eigenvalue weighted by molar-refractivity contribution is 8.18. The number of aliphatic hydroxyl groups excluding tert-OH is 2. The zero-order valence-electron chi connectivity index (χ0n) is 17.7. The number of aliphatic carboxylic acids is 2. The third-order valence-electron chi connectivity index (χ3n) is 3.44. The van der Waals surface area contributed by atoms with E-state index < -0.39 is 21.8 Å². The van der Waals surface area contributed by atoms with Crippen molar-refractivity contribution in [2.75, 3.05) is 63.0 Å². The van der Waals surface area contributed by atoms with Crippen LogP contribution in [0.25, 0.3) is 0 Å². The molecule has 0 aliphatic carbocycles.